The lowest BCUT2D eigenvalue weighted by atomic mass is 9.95. The number of piperidine rings is 1. The molecule has 3 rings (SSSR count). The van der Waals surface area contributed by atoms with Gasteiger partial charge < -0.3 is 14.8 Å². The number of nitrogens with one attached hydrogen (secondary N) is 1. The zero-order valence-electron chi connectivity index (χ0n) is 14.4. The Morgan fingerprint density at radius 3 is 2.88 bits per heavy atom. The summed E-state index contributed by atoms with van der Waals surface area (Å²) in [5.41, 5.74) is 0. The summed E-state index contributed by atoms with van der Waals surface area (Å²) in [6.07, 6.45) is 8.13. The monoisotopic (exact) mass is 333 g/mol. The van der Waals surface area contributed by atoms with Crippen molar-refractivity contribution in [3.8, 4) is 0 Å². The molecule has 0 unspecified atom stereocenters. The molecule has 132 valence electrons. The molecule has 1 saturated heterocycles. The van der Waals surface area contributed by atoms with Gasteiger partial charge in [0.05, 0.1) is 5.92 Å². The number of hydrogen-bond donors (Lipinski definition) is 1. The van der Waals surface area contributed by atoms with Crippen molar-refractivity contribution in [1.82, 2.24) is 25.0 Å². The summed E-state index contributed by atoms with van der Waals surface area (Å²) in [6.45, 7) is 4.02. The molecule has 7 nitrogen and oxygen atoms in total. The first-order valence-electron chi connectivity index (χ1n) is 9.13. The summed E-state index contributed by atoms with van der Waals surface area (Å²) in [5, 5.41) is 11.0. The van der Waals surface area contributed by atoms with Crippen molar-refractivity contribution in [3.63, 3.8) is 0 Å². The highest BCUT2D eigenvalue weighted by atomic mass is 16.2. The number of aromatic nitrogens is 3. The van der Waals surface area contributed by atoms with Crippen LogP contribution in [0.4, 0.5) is 0 Å². The number of carbonyl (C=O) groups excluding carboxylic acids is 2. The molecular formula is C17H27N5O2. The first-order valence-corrected chi connectivity index (χ1v) is 9.13. The fraction of sp³-hybridized carbons (Fsp3) is 0.765. The Morgan fingerprint density at radius 2 is 2.12 bits per heavy atom. The van der Waals surface area contributed by atoms with E-state index in [0.717, 1.165) is 25.2 Å². The molecule has 1 saturated carbocycles. The summed E-state index contributed by atoms with van der Waals surface area (Å²) in [6, 6.07) is 0.358. The quantitative estimate of drug-likeness (QED) is 0.846. The lowest BCUT2D eigenvalue weighted by molar-refractivity contribution is -0.140. The van der Waals surface area contributed by atoms with E-state index in [2.05, 4.69) is 15.5 Å². The highest BCUT2D eigenvalue weighted by Gasteiger charge is 2.34. The summed E-state index contributed by atoms with van der Waals surface area (Å²) >= 11 is 0. The van der Waals surface area contributed by atoms with Crippen LogP contribution in [0.25, 0.3) is 0 Å². The van der Waals surface area contributed by atoms with E-state index in [1.54, 1.807) is 6.33 Å². The summed E-state index contributed by atoms with van der Waals surface area (Å²) < 4.78 is 1.98. The fourth-order valence-electron chi connectivity index (χ4n) is 3.83. The van der Waals surface area contributed by atoms with Crippen LogP contribution in [-0.2, 0) is 22.6 Å². The smallest absolute Gasteiger partial charge is 0.224 e. The molecule has 1 aliphatic carbocycles. The average Bonchev–Trinajstić information content (AvgIpc) is 3.26. The number of hydrogen-bond acceptors (Lipinski definition) is 4. The lowest BCUT2D eigenvalue weighted by Crippen LogP contribution is -2.49. The molecule has 2 aliphatic rings. The zero-order valence-corrected chi connectivity index (χ0v) is 14.4. The van der Waals surface area contributed by atoms with E-state index in [1.165, 1.54) is 12.8 Å². The number of nitrogens with zero attached hydrogens (tertiary/aromatic N) is 4. The van der Waals surface area contributed by atoms with Gasteiger partial charge in [0.25, 0.3) is 0 Å². The maximum absolute atomic E-state index is 12.5. The van der Waals surface area contributed by atoms with Gasteiger partial charge in [0, 0.05) is 38.5 Å². The summed E-state index contributed by atoms with van der Waals surface area (Å²) in [7, 11) is 0. The summed E-state index contributed by atoms with van der Waals surface area (Å²) in [5.74, 6) is 1.10. The lowest BCUT2D eigenvalue weighted by Gasteiger charge is -2.36. The summed E-state index contributed by atoms with van der Waals surface area (Å²) in [4.78, 5) is 26.6. The first-order chi connectivity index (χ1) is 11.7. The fourth-order valence-corrected chi connectivity index (χ4v) is 3.83. The molecule has 1 atom stereocenters. The van der Waals surface area contributed by atoms with E-state index in [9.17, 15) is 9.59 Å². The van der Waals surface area contributed by atoms with Crippen LogP contribution in [0.15, 0.2) is 6.33 Å². The average molecular weight is 333 g/mol. The number of likely N-dealkylation sites (tertiary alicyclic amines) is 1. The second-order valence-electron chi connectivity index (χ2n) is 6.79. The van der Waals surface area contributed by atoms with Crippen molar-refractivity contribution in [2.24, 2.45) is 5.92 Å². The standard InChI is InChI=1S/C17H27N5O2/c1-2-21-12-19-20-15(21)9-10-18-17(24)13-7-8-16(23)22(11-13)14-5-3-4-6-14/h12-14H,2-11H2,1H3,(H,18,24)/t13-/m1/s1. The minimum Gasteiger partial charge on any atom is -0.355 e. The van der Waals surface area contributed by atoms with Crippen molar-refractivity contribution in [1.29, 1.82) is 0 Å². The number of aryl methyl sites for hydroxylation is 1. The third-order valence-electron chi connectivity index (χ3n) is 5.26. The van der Waals surface area contributed by atoms with E-state index >= 15 is 0 Å². The van der Waals surface area contributed by atoms with Crippen LogP contribution in [0.1, 0.15) is 51.3 Å². The first kappa shape index (κ1) is 16.9. The van der Waals surface area contributed by atoms with Crippen molar-refractivity contribution >= 4 is 11.8 Å². The Hall–Kier alpha value is -1.92. The Morgan fingerprint density at radius 1 is 1.33 bits per heavy atom. The van der Waals surface area contributed by atoms with Gasteiger partial charge in [-0.1, -0.05) is 12.8 Å². The van der Waals surface area contributed by atoms with Gasteiger partial charge in [0.15, 0.2) is 0 Å². The zero-order chi connectivity index (χ0) is 16.9. The molecule has 2 heterocycles. The normalized spacial score (nSPS) is 22.1. The number of carbonyl (C=O) groups is 2. The van der Waals surface area contributed by atoms with Crippen LogP contribution >= 0.6 is 0 Å². The molecule has 1 N–H and O–H groups in total. The Balaban J connectivity index is 1.48. The topological polar surface area (TPSA) is 80.1 Å². The number of rotatable bonds is 6. The molecule has 0 radical (unpaired) electrons. The number of amides is 2. The van der Waals surface area contributed by atoms with Crippen molar-refractivity contribution in [3.05, 3.63) is 12.2 Å². The predicted octanol–water partition coefficient (Wildman–Crippen LogP) is 1.14. The molecule has 24 heavy (non-hydrogen) atoms. The van der Waals surface area contributed by atoms with Gasteiger partial charge in [-0.05, 0) is 26.2 Å². The Bertz CT molecular complexity index is 579. The van der Waals surface area contributed by atoms with Crippen molar-refractivity contribution in [2.75, 3.05) is 13.1 Å². The second kappa shape index (κ2) is 7.77. The molecule has 2 fully saturated rings. The highest BCUT2D eigenvalue weighted by Crippen LogP contribution is 2.28. The van der Waals surface area contributed by atoms with Crippen LogP contribution in [0.3, 0.4) is 0 Å². The largest absolute Gasteiger partial charge is 0.355 e. The van der Waals surface area contributed by atoms with Gasteiger partial charge in [-0.25, -0.2) is 0 Å². The molecule has 1 aromatic heterocycles. The van der Waals surface area contributed by atoms with Gasteiger partial charge in [-0.2, -0.15) is 0 Å². The molecule has 1 aromatic rings. The predicted molar refractivity (Wildman–Crippen MR) is 89.1 cm³/mol. The second-order valence-corrected chi connectivity index (χ2v) is 6.79. The van der Waals surface area contributed by atoms with Gasteiger partial charge in [0.2, 0.25) is 11.8 Å². The minimum absolute atomic E-state index is 0.0630. The molecule has 7 heteroatoms. The van der Waals surface area contributed by atoms with Crippen molar-refractivity contribution < 1.29 is 9.59 Å². The van der Waals surface area contributed by atoms with Crippen LogP contribution in [0.5, 0.6) is 0 Å². The molecule has 0 spiro atoms. The van der Waals surface area contributed by atoms with Gasteiger partial charge in [-0.15, -0.1) is 10.2 Å². The third kappa shape index (κ3) is 3.76. The Kier molecular flexibility index (Phi) is 5.48. The van der Waals surface area contributed by atoms with Crippen molar-refractivity contribution in [2.45, 2.75) is 64.5 Å². The molecule has 0 bridgehead atoms. The van der Waals surface area contributed by atoms with E-state index in [0.29, 0.717) is 38.4 Å². The van der Waals surface area contributed by atoms with E-state index in [1.807, 2.05) is 16.4 Å². The van der Waals surface area contributed by atoms with E-state index in [-0.39, 0.29) is 17.7 Å². The van der Waals surface area contributed by atoms with E-state index in [4.69, 9.17) is 0 Å². The van der Waals surface area contributed by atoms with Gasteiger partial charge in [0.1, 0.15) is 12.2 Å². The van der Waals surface area contributed by atoms with Gasteiger partial charge in [-0.3, -0.25) is 9.59 Å². The Labute approximate surface area is 142 Å². The SMILES string of the molecule is CCn1cnnc1CCNC(=O)[C@@H]1CCC(=O)N(C2CCCC2)C1. The van der Waals surface area contributed by atoms with Crippen LogP contribution in [0, 0.1) is 5.92 Å². The maximum Gasteiger partial charge on any atom is 0.224 e. The minimum atomic E-state index is -0.0765. The molecule has 1 aliphatic heterocycles. The third-order valence-corrected chi connectivity index (χ3v) is 5.26. The molecule has 0 aromatic carbocycles. The molecule has 2 amide bonds. The molecular weight excluding hydrogens is 306 g/mol. The maximum atomic E-state index is 12.5. The van der Waals surface area contributed by atoms with Crippen LogP contribution in [0.2, 0.25) is 0 Å². The van der Waals surface area contributed by atoms with Crippen LogP contribution < -0.4 is 5.32 Å². The highest BCUT2D eigenvalue weighted by molar-refractivity contribution is 5.84. The van der Waals surface area contributed by atoms with Gasteiger partial charge >= 0.3 is 0 Å². The van der Waals surface area contributed by atoms with E-state index < -0.39 is 0 Å². The van der Waals surface area contributed by atoms with Crippen LogP contribution in [-0.4, -0.2) is 50.6 Å².